The third-order valence-electron chi connectivity index (χ3n) is 20.4. The third kappa shape index (κ3) is 9.82. The molecule has 1 aromatic heterocycles. The highest BCUT2D eigenvalue weighted by Gasteiger charge is 2.18. The number of rotatable bonds is 9. The Morgan fingerprint density at radius 1 is 0.206 bits per heavy atom. The van der Waals surface area contributed by atoms with Crippen LogP contribution in [0.1, 0.15) is 5.56 Å². The first-order valence-corrected chi connectivity index (χ1v) is 34.7. The van der Waals surface area contributed by atoms with Gasteiger partial charge in [0, 0.05) is 35.8 Å². The zero-order valence-corrected chi connectivity index (χ0v) is 54.9. The maximum Gasteiger partial charge on any atom is 0.0440 e. The number of aryl methyl sites for hydroxylation is 1. The molecule has 0 atom stereocenters. The maximum atomic E-state index is 5.28. The van der Waals surface area contributed by atoms with Crippen molar-refractivity contribution in [2.45, 2.75) is 11.8 Å². The molecule has 97 heavy (non-hydrogen) atoms. The van der Waals surface area contributed by atoms with Crippen molar-refractivity contribution >= 4 is 120 Å². The number of thiophene rings is 1. The molecule has 19 aromatic rings. The molecule has 0 radical (unpaired) electrons. The second-order valence-corrected chi connectivity index (χ2v) is 27.6. The molecular formula is C95H60S2. The second kappa shape index (κ2) is 23.1. The Balaban J connectivity index is 0.648. The molecule has 1 heterocycles. The molecule has 0 saturated heterocycles. The summed E-state index contributed by atoms with van der Waals surface area (Å²) in [6, 6.07) is 127. The van der Waals surface area contributed by atoms with Gasteiger partial charge in [0.25, 0.3) is 0 Å². The van der Waals surface area contributed by atoms with E-state index in [-0.39, 0.29) is 0 Å². The van der Waals surface area contributed by atoms with E-state index >= 15 is 0 Å². The first kappa shape index (κ1) is 56.9. The molecule has 0 fully saturated rings. The van der Waals surface area contributed by atoms with Crippen LogP contribution in [0.2, 0.25) is 0 Å². The van der Waals surface area contributed by atoms with E-state index in [4.69, 9.17) is 12.6 Å². The molecule has 0 amide bonds. The van der Waals surface area contributed by atoms with Crippen molar-refractivity contribution in [2.75, 3.05) is 0 Å². The third-order valence-corrected chi connectivity index (χ3v) is 22.1. The molecule has 0 unspecified atom stereocenters. The van der Waals surface area contributed by atoms with Crippen molar-refractivity contribution in [1.29, 1.82) is 0 Å². The van der Waals surface area contributed by atoms with E-state index in [1.165, 1.54) is 196 Å². The van der Waals surface area contributed by atoms with Crippen LogP contribution in [0, 0.1) is 6.92 Å². The molecular weight excluding hydrogens is 1210 g/mol. The summed E-state index contributed by atoms with van der Waals surface area (Å²) >= 11 is 7.18. The lowest BCUT2D eigenvalue weighted by Gasteiger charge is -2.15. The van der Waals surface area contributed by atoms with Crippen molar-refractivity contribution in [1.82, 2.24) is 0 Å². The quantitative estimate of drug-likeness (QED) is 0.108. The normalized spacial score (nSPS) is 11.8. The smallest absolute Gasteiger partial charge is 0.0440 e. The van der Waals surface area contributed by atoms with Gasteiger partial charge in [-0.1, -0.05) is 267 Å². The molecule has 18 aromatic carbocycles. The van der Waals surface area contributed by atoms with Crippen molar-refractivity contribution in [3.05, 3.63) is 345 Å². The number of hydrogen-bond donors (Lipinski definition) is 1. The minimum Gasteiger partial charge on any atom is -0.142 e. The van der Waals surface area contributed by atoms with E-state index in [9.17, 15) is 0 Å². The van der Waals surface area contributed by atoms with E-state index in [0.717, 1.165) is 10.5 Å². The van der Waals surface area contributed by atoms with Crippen LogP contribution in [0.5, 0.6) is 0 Å². The van der Waals surface area contributed by atoms with Gasteiger partial charge in [-0.05, 0) is 250 Å². The van der Waals surface area contributed by atoms with Gasteiger partial charge in [-0.25, -0.2) is 0 Å². The monoisotopic (exact) mass is 1260 g/mol. The summed E-state index contributed by atoms with van der Waals surface area (Å²) in [7, 11) is 0. The van der Waals surface area contributed by atoms with E-state index in [1.807, 2.05) is 11.3 Å². The molecule has 19 rings (SSSR count). The average molecular weight is 1270 g/mol. The minimum atomic E-state index is 1.01. The summed E-state index contributed by atoms with van der Waals surface area (Å²) in [5.74, 6) is 0. The molecule has 0 aliphatic carbocycles. The SMILES string of the molecule is Cc1ccccc1-c1ccc2ccc3ccc(-c4cccc(-c5cc(-c6ccccc6)cc(-c6cccc(-c7ccc8c9ccc(-c%10cccc(-c%11cccc(-c%12ccc%13ccc%14ccc%15c%16ccccc%16sc%15c%14c%13c%12)c%11)c%10)cc9c9ccccc9c8c7)c6)c5)c4)cc3c2c1S. The van der Waals surface area contributed by atoms with E-state index in [1.54, 1.807) is 0 Å². The number of fused-ring (bicyclic) bond motifs is 16. The lowest BCUT2D eigenvalue weighted by atomic mass is 9.89. The van der Waals surface area contributed by atoms with Crippen molar-refractivity contribution in [3.8, 4) is 100 Å². The molecule has 0 N–H and O–H groups in total. The molecule has 0 aliphatic rings. The standard InChI is InChI=1S/C95H60S2/c1-58-15-5-6-26-79(58)85-45-39-62-35-31-60-33-37-72(54-87(60)92(62)94(85)96)68-22-13-24-70(49-68)77-51-76(59-16-3-2-4-17-59)52-78(53-77)71-25-14-23-69(50-71)75-42-44-83-82-43-41-74(56-89(82)80-27-7-8-28-81(80)90(83)57-75)67-21-12-19-65(48-67)64-18-11-20-66(47-64)73-38-34-61-32-36-63-40-46-86-84-29-9-10-30-91(84)97-95(86)93(63)88(61)55-73/h2-57,96H,1H3. The summed E-state index contributed by atoms with van der Waals surface area (Å²) < 4.78 is 2.69. The Morgan fingerprint density at radius 3 is 1.08 bits per heavy atom. The molecule has 0 spiro atoms. The minimum absolute atomic E-state index is 1.01. The van der Waals surface area contributed by atoms with Gasteiger partial charge in [-0.3, -0.25) is 0 Å². The van der Waals surface area contributed by atoms with Gasteiger partial charge in [-0.2, -0.15) is 0 Å². The van der Waals surface area contributed by atoms with Gasteiger partial charge in [0.15, 0.2) is 0 Å². The van der Waals surface area contributed by atoms with E-state index in [0.29, 0.717) is 0 Å². The Labute approximate surface area is 572 Å². The van der Waals surface area contributed by atoms with Crippen molar-refractivity contribution < 1.29 is 0 Å². The Kier molecular flexibility index (Phi) is 13.5. The van der Waals surface area contributed by atoms with Crippen LogP contribution in [0.25, 0.3) is 196 Å². The van der Waals surface area contributed by atoms with Gasteiger partial charge in [-0.15, -0.1) is 24.0 Å². The van der Waals surface area contributed by atoms with Crippen LogP contribution >= 0.6 is 24.0 Å². The zero-order valence-electron chi connectivity index (χ0n) is 53.2. The molecule has 0 nitrogen and oxygen atoms in total. The average Bonchev–Trinajstić information content (AvgIpc) is 1.70. The van der Waals surface area contributed by atoms with Gasteiger partial charge < -0.3 is 0 Å². The first-order chi connectivity index (χ1) is 47.8. The van der Waals surface area contributed by atoms with Crippen molar-refractivity contribution in [3.63, 3.8) is 0 Å². The van der Waals surface area contributed by atoms with Crippen LogP contribution in [-0.2, 0) is 0 Å². The van der Waals surface area contributed by atoms with E-state index in [2.05, 4.69) is 347 Å². The lowest BCUT2D eigenvalue weighted by Crippen LogP contribution is -1.89. The highest BCUT2D eigenvalue weighted by atomic mass is 32.1. The number of benzene rings is 18. The summed E-state index contributed by atoms with van der Waals surface area (Å²) in [6.07, 6.45) is 0. The fourth-order valence-corrected chi connectivity index (χ4v) is 17.2. The molecule has 0 saturated carbocycles. The number of hydrogen-bond acceptors (Lipinski definition) is 2. The van der Waals surface area contributed by atoms with Gasteiger partial charge in [0.2, 0.25) is 0 Å². The van der Waals surface area contributed by atoms with Crippen LogP contribution in [-0.4, -0.2) is 0 Å². The zero-order chi connectivity index (χ0) is 64.2. The highest BCUT2D eigenvalue weighted by Crippen LogP contribution is 2.46. The van der Waals surface area contributed by atoms with Crippen molar-refractivity contribution in [2.24, 2.45) is 0 Å². The van der Waals surface area contributed by atoms with E-state index < -0.39 is 0 Å². The van der Waals surface area contributed by atoms with Crippen LogP contribution in [0.4, 0.5) is 0 Å². The summed E-state index contributed by atoms with van der Waals surface area (Å²) in [5, 5.41) is 20.1. The molecule has 0 bridgehead atoms. The lowest BCUT2D eigenvalue weighted by molar-refractivity contribution is 1.43. The summed E-state index contributed by atoms with van der Waals surface area (Å²) in [4.78, 5) is 1.01. The summed E-state index contributed by atoms with van der Waals surface area (Å²) in [5.41, 5.74) is 22.6. The maximum absolute atomic E-state index is 5.28. The Morgan fingerprint density at radius 2 is 0.546 bits per heavy atom. The van der Waals surface area contributed by atoms with Gasteiger partial charge in [0.05, 0.1) is 0 Å². The van der Waals surface area contributed by atoms with Gasteiger partial charge >= 0.3 is 0 Å². The summed E-state index contributed by atoms with van der Waals surface area (Å²) in [6.45, 7) is 2.18. The Hall–Kier alpha value is -11.7. The molecule has 0 aliphatic heterocycles. The van der Waals surface area contributed by atoms with Gasteiger partial charge in [0.1, 0.15) is 0 Å². The highest BCUT2D eigenvalue weighted by molar-refractivity contribution is 7.80. The second-order valence-electron chi connectivity index (χ2n) is 26.1. The van der Waals surface area contributed by atoms with Crippen LogP contribution in [0.15, 0.2) is 345 Å². The van der Waals surface area contributed by atoms with Crippen LogP contribution in [0.3, 0.4) is 0 Å². The predicted molar refractivity (Wildman–Crippen MR) is 423 cm³/mol. The fraction of sp³-hybridized carbons (Fsp3) is 0.0105. The number of thiol groups is 1. The predicted octanol–water partition coefficient (Wildman–Crippen LogP) is 27.7. The van der Waals surface area contributed by atoms with Crippen LogP contribution < -0.4 is 0 Å². The largest absolute Gasteiger partial charge is 0.142 e. The molecule has 2 heteroatoms. The first-order valence-electron chi connectivity index (χ1n) is 33.4. The Bertz CT molecular complexity index is 6440. The topological polar surface area (TPSA) is 0 Å². The molecule has 452 valence electrons. The fourth-order valence-electron chi connectivity index (χ4n) is 15.5.